The molecule has 1 aromatic carbocycles. The number of hydrogen-bond acceptors (Lipinski definition) is 9. The van der Waals surface area contributed by atoms with E-state index in [1.165, 1.54) is 30.7 Å². The molecule has 1 aliphatic rings. The summed E-state index contributed by atoms with van der Waals surface area (Å²) in [5.74, 6) is 0.0246. The number of carbonyl (C=O) groups is 1. The summed E-state index contributed by atoms with van der Waals surface area (Å²) in [5.41, 5.74) is 7.49. The molecule has 5 rings (SSSR count). The lowest BCUT2D eigenvalue weighted by atomic mass is 10.0. The number of piperidine rings is 1. The largest absolute Gasteiger partial charge is 0.465 e. The van der Waals surface area contributed by atoms with Gasteiger partial charge in [-0.25, -0.2) is 32.1 Å². The van der Waals surface area contributed by atoms with Crippen LogP contribution in [0.1, 0.15) is 6.42 Å². The second-order valence-corrected chi connectivity index (χ2v) is 10.2. The molecular weight excluding hydrogens is 486 g/mol. The van der Waals surface area contributed by atoms with E-state index in [4.69, 9.17) is 5.73 Å². The third-order valence-electron chi connectivity index (χ3n) is 6.11. The Bertz CT molecular complexity index is 1540. The number of amides is 1. The van der Waals surface area contributed by atoms with Gasteiger partial charge >= 0.3 is 6.09 Å². The summed E-state index contributed by atoms with van der Waals surface area (Å²) in [6.45, 7) is 0.592. The first-order valence-electron chi connectivity index (χ1n) is 11.1. The van der Waals surface area contributed by atoms with Crippen molar-refractivity contribution in [3.05, 3.63) is 61.1 Å². The fourth-order valence-corrected chi connectivity index (χ4v) is 5.78. The number of nitrogens with zero attached hydrogens (tertiary/aromatic N) is 5. The summed E-state index contributed by atoms with van der Waals surface area (Å²) < 4.78 is 28.3. The Morgan fingerprint density at radius 2 is 1.86 bits per heavy atom. The molecule has 4 heterocycles. The quantitative estimate of drug-likeness (QED) is 0.308. The van der Waals surface area contributed by atoms with E-state index in [-0.39, 0.29) is 23.0 Å². The molecule has 0 saturated carbocycles. The number of hydrogen-bond donors (Lipinski definition) is 4. The molecule has 0 radical (unpaired) electrons. The first kappa shape index (κ1) is 23.5. The Hall–Kier alpha value is -4.23. The van der Waals surface area contributed by atoms with E-state index in [9.17, 15) is 23.4 Å². The number of carboxylic acid groups (broad SMARTS) is 1. The third-order valence-corrected chi connectivity index (χ3v) is 7.77. The van der Waals surface area contributed by atoms with Gasteiger partial charge in [0.15, 0.2) is 5.65 Å². The average Bonchev–Trinajstić information content (AvgIpc) is 3.27. The van der Waals surface area contributed by atoms with Crippen LogP contribution in [0.15, 0.2) is 66.0 Å². The molecule has 1 fully saturated rings. The maximum atomic E-state index is 13.6. The molecule has 0 bridgehead atoms. The van der Waals surface area contributed by atoms with Crippen molar-refractivity contribution in [2.75, 3.05) is 23.7 Å². The van der Waals surface area contributed by atoms with Crippen molar-refractivity contribution >= 4 is 38.8 Å². The molecule has 1 aliphatic heterocycles. The lowest BCUT2D eigenvalue weighted by Crippen LogP contribution is -2.55. The number of nitrogen functional groups attached to an aromatic ring is 1. The number of nitrogens with one attached hydrogen (secondary N) is 1. The molecule has 36 heavy (non-hydrogen) atoms. The van der Waals surface area contributed by atoms with E-state index in [0.717, 1.165) is 3.97 Å². The molecule has 13 heteroatoms. The second-order valence-electron chi connectivity index (χ2n) is 8.34. The Morgan fingerprint density at radius 1 is 1.11 bits per heavy atom. The molecule has 4 aromatic rings. The smallest absolute Gasteiger partial charge is 0.405 e. The highest BCUT2D eigenvalue weighted by Gasteiger charge is 2.32. The van der Waals surface area contributed by atoms with Crippen molar-refractivity contribution in [2.24, 2.45) is 0 Å². The fourth-order valence-electron chi connectivity index (χ4n) is 4.44. The van der Waals surface area contributed by atoms with Crippen molar-refractivity contribution in [1.29, 1.82) is 0 Å². The van der Waals surface area contributed by atoms with Gasteiger partial charge in [-0.15, -0.1) is 0 Å². The number of anilines is 2. The van der Waals surface area contributed by atoms with Crippen LogP contribution >= 0.6 is 0 Å². The molecule has 1 amide bonds. The zero-order valence-electron chi connectivity index (χ0n) is 18.9. The van der Waals surface area contributed by atoms with E-state index in [1.807, 2.05) is 4.90 Å². The van der Waals surface area contributed by atoms with Gasteiger partial charge in [0.2, 0.25) is 5.95 Å². The molecule has 186 valence electrons. The predicted molar refractivity (Wildman–Crippen MR) is 132 cm³/mol. The van der Waals surface area contributed by atoms with E-state index in [1.54, 1.807) is 30.3 Å². The molecule has 1 saturated heterocycles. The molecule has 12 nitrogen and oxygen atoms in total. The first-order valence-corrected chi connectivity index (χ1v) is 12.5. The van der Waals surface area contributed by atoms with Crippen LogP contribution in [0.5, 0.6) is 0 Å². The van der Waals surface area contributed by atoms with Crippen LogP contribution in [-0.2, 0) is 10.0 Å². The maximum Gasteiger partial charge on any atom is 0.405 e. The summed E-state index contributed by atoms with van der Waals surface area (Å²) in [7, 11) is -4.01. The molecule has 0 spiro atoms. The minimum atomic E-state index is -4.01. The van der Waals surface area contributed by atoms with Crippen LogP contribution in [0, 0.1) is 0 Å². The molecule has 0 unspecified atom stereocenters. The monoisotopic (exact) mass is 509 g/mol. The molecule has 2 atom stereocenters. The number of nitrogens with two attached hydrogens (primary N) is 1. The molecule has 3 aromatic heterocycles. The number of rotatable bonds is 5. The van der Waals surface area contributed by atoms with Crippen LogP contribution in [0.25, 0.3) is 22.3 Å². The summed E-state index contributed by atoms with van der Waals surface area (Å²) >= 11 is 0. The maximum absolute atomic E-state index is 13.6. The zero-order chi connectivity index (χ0) is 25.4. The van der Waals surface area contributed by atoms with Crippen LogP contribution < -0.4 is 16.0 Å². The van der Waals surface area contributed by atoms with E-state index in [2.05, 4.69) is 20.3 Å². The Kier molecular flexibility index (Phi) is 5.94. The predicted octanol–water partition coefficient (Wildman–Crippen LogP) is 1.52. The number of fused-ring (bicyclic) bond motifs is 1. The fraction of sp³-hybridized carbons (Fsp3) is 0.217. The molecule has 5 N–H and O–H groups in total. The Balaban J connectivity index is 1.72. The topological polar surface area (TPSA) is 177 Å². The van der Waals surface area contributed by atoms with Crippen molar-refractivity contribution < 1.29 is 23.4 Å². The standard InChI is InChI=1S/C23H23N7O5S/c24-22-26-9-6-16(27-22)15-12-30(36(34,35)14-4-2-1-3-5-14)21-20(15)18(7-10-25-21)29-11-8-19(31)17(13-29)28-23(32)33/h1-7,9-10,12,17,19,28,31H,8,11,13H2,(H,32,33)(H2,24,26,27)/t17-,19-/m0/s1. The zero-order valence-corrected chi connectivity index (χ0v) is 19.7. The summed E-state index contributed by atoms with van der Waals surface area (Å²) in [5, 5.41) is 22.4. The van der Waals surface area contributed by atoms with Gasteiger partial charge in [0.25, 0.3) is 10.0 Å². The normalized spacial score (nSPS) is 18.3. The van der Waals surface area contributed by atoms with E-state index in [0.29, 0.717) is 35.3 Å². The minimum Gasteiger partial charge on any atom is -0.465 e. The van der Waals surface area contributed by atoms with E-state index >= 15 is 0 Å². The Morgan fingerprint density at radius 3 is 2.58 bits per heavy atom. The van der Waals surface area contributed by atoms with Gasteiger partial charge in [-0.05, 0) is 30.7 Å². The van der Waals surface area contributed by atoms with Gasteiger partial charge in [0, 0.05) is 37.2 Å². The van der Waals surface area contributed by atoms with Crippen LogP contribution in [0.3, 0.4) is 0 Å². The van der Waals surface area contributed by atoms with Crippen LogP contribution in [-0.4, -0.2) is 68.9 Å². The number of aromatic nitrogens is 4. The van der Waals surface area contributed by atoms with Gasteiger partial charge in [0.05, 0.1) is 33.8 Å². The number of pyridine rings is 1. The average molecular weight is 510 g/mol. The molecular formula is C23H23N7O5S. The lowest BCUT2D eigenvalue weighted by molar-refractivity contribution is 0.103. The highest BCUT2D eigenvalue weighted by atomic mass is 32.2. The second kappa shape index (κ2) is 9.09. The number of aliphatic hydroxyl groups excluding tert-OH is 1. The first-order chi connectivity index (χ1) is 17.3. The number of benzene rings is 1. The van der Waals surface area contributed by atoms with Crippen molar-refractivity contribution in [2.45, 2.75) is 23.5 Å². The van der Waals surface area contributed by atoms with Gasteiger partial charge in [-0.2, -0.15) is 0 Å². The van der Waals surface area contributed by atoms with Gasteiger partial charge in [-0.1, -0.05) is 18.2 Å². The van der Waals surface area contributed by atoms with Crippen molar-refractivity contribution in [1.82, 2.24) is 24.2 Å². The summed E-state index contributed by atoms with van der Waals surface area (Å²) in [4.78, 5) is 25.9. The van der Waals surface area contributed by atoms with Crippen molar-refractivity contribution in [3.8, 4) is 11.3 Å². The minimum absolute atomic E-state index is 0.0246. The number of aliphatic hydroxyl groups is 1. The summed E-state index contributed by atoms with van der Waals surface area (Å²) in [6.07, 6.45) is 2.66. The van der Waals surface area contributed by atoms with Crippen LogP contribution in [0.2, 0.25) is 0 Å². The van der Waals surface area contributed by atoms with Gasteiger partial charge < -0.3 is 26.2 Å². The molecule has 0 aliphatic carbocycles. The lowest BCUT2D eigenvalue weighted by Gasteiger charge is -2.37. The van der Waals surface area contributed by atoms with Crippen molar-refractivity contribution in [3.63, 3.8) is 0 Å². The highest BCUT2D eigenvalue weighted by molar-refractivity contribution is 7.90. The van der Waals surface area contributed by atoms with Crippen LogP contribution in [0.4, 0.5) is 16.4 Å². The highest BCUT2D eigenvalue weighted by Crippen LogP contribution is 2.38. The van der Waals surface area contributed by atoms with Gasteiger partial charge in [0.1, 0.15) is 0 Å². The van der Waals surface area contributed by atoms with E-state index < -0.39 is 28.3 Å². The van der Waals surface area contributed by atoms with Gasteiger partial charge in [-0.3, -0.25) is 0 Å². The SMILES string of the molecule is Nc1nccc(-c2cn(S(=O)(=O)c3ccccc3)c3nccc(N4CC[C@H](O)[C@@H](NC(=O)O)C4)c23)n1. The third kappa shape index (κ3) is 4.18. The summed E-state index contributed by atoms with van der Waals surface area (Å²) in [6, 6.07) is 10.6. The Labute approximate surface area is 206 Å².